The number of fused-ring (bicyclic) bond motifs is 1. The van der Waals surface area contributed by atoms with Crippen molar-refractivity contribution in [3.05, 3.63) is 63.3 Å². The molecule has 0 aliphatic carbocycles. The highest BCUT2D eigenvalue weighted by Gasteiger charge is 2.14. The Morgan fingerprint density at radius 3 is 2.61 bits per heavy atom. The van der Waals surface area contributed by atoms with Crippen LogP contribution in [0.1, 0.15) is 11.3 Å². The van der Waals surface area contributed by atoms with Gasteiger partial charge in [-0.2, -0.15) is 0 Å². The molecule has 4 aromatic rings. The zero-order valence-corrected chi connectivity index (χ0v) is 17.4. The van der Waals surface area contributed by atoms with Gasteiger partial charge in [0.25, 0.3) is 5.19 Å². The highest BCUT2D eigenvalue weighted by Crippen LogP contribution is 2.35. The average Bonchev–Trinajstić information content (AvgIpc) is 3.16. The number of pyridine rings is 2. The van der Waals surface area contributed by atoms with Crippen molar-refractivity contribution in [2.45, 2.75) is 13.5 Å². The number of methoxy groups -OCH3 is 1. The van der Waals surface area contributed by atoms with Gasteiger partial charge in [0.2, 0.25) is 0 Å². The predicted molar refractivity (Wildman–Crippen MR) is 113 cm³/mol. The predicted octanol–water partition coefficient (Wildman–Crippen LogP) is 5.96. The van der Waals surface area contributed by atoms with Gasteiger partial charge in [-0.25, -0.2) is 9.97 Å². The normalized spacial score (nSPS) is 11.0. The van der Waals surface area contributed by atoms with Gasteiger partial charge in [-0.05, 0) is 19.1 Å². The molecule has 0 saturated heterocycles. The molecule has 5 nitrogen and oxygen atoms in total. The Labute approximate surface area is 175 Å². The van der Waals surface area contributed by atoms with Gasteiger partial charge in [-0.1, -0.05) is 46.7 Å². The maximum absolute atomic E-state index is 6.20. The van der Waals surface area contributed by atoms with Crippen LogP contribution in [0.2, 0.25) is 10.0 Å². The molecule has 3 aromatic heterocycles. The van der Waals surface area contributed by atoms with Crippen molar-refractivity contribution in [2.24, 2.45) is 0 Å². The zero-order chi connectivity index (χ0) is 19.7. The van der Waals surface area contributed by atoms with Crippen LogP contribution in [0.3, 0.4) is 0 Å². The second-order valence-electron chi connectivity index (χ2n) is 6.04. The number of benzene rings is 1. The summed E-state index contributed by atoms with van der Waals surface area (Å²) in [7, 11) is 1.61. The third-order valence-electron chi connectivity index (χ3n) is 4.19. The lowest BCUT2D eigenvalue weighted by Gasteiger charge is -2.13. The molecule has 0 aliphatic rings. The minimum atomic E-state index is 0.217. The quantitative estimate of drug-likeness (QED) is 0.390. The van der Waals surface area contributed by atoms with Gasteiger partial charge in [0.1, 0.15) is 17.9 Å². The van der Waals surface area contributed by atoms with Crippen LogP contribution in [0.15, 0.2) is 42.0 Å². The van der Waals surface area contributed by atoms with E-state index < -0.39 is 0 Å². The largest absolute Gasteiger partial charge is 0.487 e. The molecule has 4 rings (SSSR count). The number of ether oxygens (including phenoxy) is 2. The van der Waals surface area contributed by atoms with Crippen molar-refractivity contribution >= 4 is 45.4 Å². The Balaban J connectivity index is 1.76. The summed E-state index contributed by atoms with van der Waals surface area (Å²) in [6.07, 6.45) is 3.09. The Hall–Kier alpha value is -2.41. The van der Waals surface area contributed by atoms with E-state index in [0.29, 0.717) is 26.6 Å². The summed E-state index contributed by atoms with van der Waals surface area (Å²) in [6.45, 7) is 2.16. The van der Waals surface area contributed by atoms with E-state index in [-0.39, 0.29) is 6.61 Å². The van der Waals surface area contributed by atoms with Crippen molar-refractivity contribution in [2.75, 3.05) is 7.11 Å². The fourth-order valence-corrected chi connectivity index (χ4v) is 3.99. The van der Waals surface area contributed by atoms with E-state index in [1.807, 2.05) is 36.6 Å². The molecule has 8 heteroatoms. The van der Waals surface area contributed by atoms with Crippen molar-refractivity contribution < 1.29 is 9.47 Å². The van der Waals surface area contributed by atoms with Gasteiger partial charge in [0.15, 0.2) is 0 Å². The summed E-state index contributed by atoms with van der Waals surface area (Å²) in [5.74, 6) is 0.647. The molecule has 1 aromatic carbocycles. The van der Waals surface area contributed by atoms with Crippen LogP contribution in [0.25, 0.3) is 22.2 Å². The van der Waals surface area contributed by atoms with Crippen LogP contribution in [0.5, 0.6) is 10.9 Å². The first-order valence-electron chi connectivity index (χ1n) is 8.37. The summed E-state index contributed by atoms with van der Waals surface area (Å²) in [5, 5.41) is 4.46. The monoisotopic (exact) mass is 431 g/mol. The number of nitrogens with zero attached hydrogens (tertiary/aromatic N) is 3. The highest BCUT2D eigenvalue weighted by molar-refractivity contribution is 7.11. The molecular weight excluding hydrogens is 417 g/mol. The van der Waals surface area contributed by atoms with Crippen molar-refractivity contribution in [1.29, 1.82) is 0 Å². The number of aryl methyl sites for hydroxylation is 1. The SMILES string of the molecule is COc1nc(-c2cc(C)nc3c(OCc4c(Cl)cncc4Cl)cccc23)cs1. The van der Waals surface area contributed by atoms with Gasteiger partial charge in [0, 0.05) is 40.0 Å². The summed E-state index contributed by atoms with van der Waals surface area (Å²) in [6, 6.07) is 7.82. The second-order valence-corrected chi connectivity index (χ2v) is 7.67. The molecule has 0 N–H and O–H groups in total. The molecule has 28 heavy (non-hydrogen) atoms. The average molecular weight is 432 g/mol. The topological polar surface area (TPSA) is 57.1 Å². The lowest BCUT2D eigenvalue weighted by molar-refractivity contribution is 0.309. The molecule has 0 atom stereocenters. The van der Waals surface area contributed by atoms with Gasteiger partial charge in [0.05, 0.1) is 22.8 Å². The first-order valence-corrected chi connectivity index (χ1v) is 10.0. The van der Waals surface area contributed by atoms with Crippen LogP contribution in [0, 0.1) is 6.92 Å². The molecule has 142 valence electrons. The molecule has 0 fully saturated rings. The summed E-state index contributed by atoms with van der Waals surface area (Å²) < 4.78 is 11.3. The van der Waals surface area contributed by atoms with Crippen molar-refractivity contribution in [3.8, 4) is 22.2 Å². The first kappa shape index (κ1) is 18.9. The van der Waals surface area contributed by atoms with E-state index in [0.717, 1.165) is 27.9 Å². The van der Waals surface area contributed by atoms with Crippen molar-refractivity contribution in [1.82, 2.24) is 15.0 Å². The molecule has 0 radical (unpaired) electrons. The smallest absolute Gasteiger partial charge is 0.273 e. The van der Waals surface area contributed by atoms with Gasteiger partial charge >= 0.3 is 0 Å². The molecular formula is C20H15Cl2N3O2S. The third kappa shape index (κ3) is 3.63. The van der Waals surface area contributed by atoms with E-state index in [1.54, 1.807) is 19.5 Å². The van der Waals surface area contributed by atoms with E-state index in [4.69, 9.17) is 32.7 Å². The standard InChI is InChI=1S/C20H15Cl2N3O2S/c1-11-6-13(17-10-28-20(25-17)26-2)12-4-3-5-18(19(12)24-11)27-9-14-15(21)7-23-8-16(14)22/h3-8,10H,9H2,1-2H3. The maximum Gasteiger partial charge on any atom is 0.273 e. The minimum absolute atomic E-state index is 0.217. The summed E-state index contributed by atoms with van der Waals surface area (Å²) >= 11 is 13.9. The van der Waals surface area contributed by atoms with Gasteiger partial charge in [-0.15, -0.1) is 0 Å². The van der Waals surface area contributed by atoms with E-state index in [2.05, 4.69) is 15.0 Å². The number of aromatic nitrogens is 3. The number of thiazole rings is 1. The number of hydrogen-bond acceptors (Lipinski definition) is 6. The van der Waals surface area contributed by atoms with Crippen LogP contribution >= 0.6 is 34.5 Å². The number of para-hydroxylation sites is 1. The lowest BCUT2D eigenvalue weighted by Crippen LogP contribution is -2.00. The van der Waals surface area contributed by atoms with Crippen molar-refractivity contribution in [3.63, 3.8) is 0 Å². The second kappa shape index (κ2) is 7.91. The number of halogens is 2. The lowest BCUT2D eigenvalue weighted by atomic mass is 10.1. The first-order chi connectivity index (χ1) is 13.6. The Morgan fingerprint density at radius 1 is 1.11 bits per heavy atom. The van der Waals surface area contributed by atoms with Gasteiger partial charge < -0.3 is 9.47 Å². The minimum Gasteiger partial charge on any atom is -0.487 e. The van der Waals surface area contributed by atoms with E-state index in [1.165, 1.54) is 11.3 Å². The molecule has 0 spiro atoms. The molecule has 0 bridgehead atoms. The van der Waals surface area contributed by atoms with Gasteiger partial charge in [-0.3, -0.25) is 4.98 Å². The molecule has 0 amide bonds. The third-order valence-corrected chi connectivity index (χ3v) is 5.64. The summed E-state index contributed by atoms with van der Waals surface area (Å²) in [5.41, 5.74) is 4.13. The fourth-order valence-electron chi connectivity index (χ4n) is 2.88. The number of rotatable bonds is 5. The fraction of sp³-hybridized carbons (Fsp3) is 0.150. The molecule has 0 aliphatic heterocycles. The zero-order valence-electron chi connectivity index (χ0n) is 15.1. The van der Waals surface area contributed by atoms with E-state index >= 15 is 0 Å². The molecule has 3 heterocycles. The van der Waals surface area contributed by atoms with Crippen LogP contribution in [-0.4, -0.2) is 22.1 Å². The number of hydrogen-bond donors (Lipinski definition) is 0. The van der Waals surface area contributed by atoms with Crippen LogP contribution in [0.4, 0.5) is 0 Å². The summed E-state index contributed by atoms with van der Waals surface area (Å²) in [4.78, 5) is 13.2. The Kier molecular flexibility index (Phi) is 5.35. The van der Waals surface area contributed by atoms with E-state index in [9.17, 15) is 0 Å². The molecule has 0 unspecified atom stereocenters. The Morgan fingerprint density at radius 2 is 1.89 bits per heavy atom. The molecule has 0 saturated carbocycles. The highest BCUT2D eigenvalue weighted by atomic mass is 35.5. The Bertz CT molecular complexity index is 1140. The maximum atomic E-state index is 6.20. The van der Waals surface area contributed by atoms with Crippen LogP contribution in [-0.2, 0) is 6.61 Å². The van der Waals surface area contributed by atoms with Crippen LogP contribution < -0.4 is 9.47 Å².